The molecule has 1 aromatic rings. The Bertz CT molecular complexity index is 417. The third-order valence-electron chi connectivity index (χ3n) is 3.87. The minimum Gasteiger partial charge on any atom is -0.493 e. The van der Waals surface area contributed by atoms with E-state index in [0.29, 0.717) is 5.92 Å². The van der Waals surface area contributed by atoms with Gasteiger partial charge in [-0.05, 0) is 43.7 Å². The first kappa shape index (κ1) is 15.6. The van der Waals surface area contributed by atoms with Crippen molar-refractivity contribution in [2.24, 2.45) is 5.92 Å². The second-order valence-electron chi connectivity index (χ2n) is 5.48. The van der Waals surface area contributed by atoms with Crippen molar-refractivity contribution in [2.75, 3.05) is 26.2 Å². The number of carbonyl (C=O) groups excluding carboxylic acids is 1. The fourth-order valence-corrected chi connectivity index (χ4v) is 2.55. The molecule has 1 aromatic heterocycles. The van der Waals surface area contributed by atoms with Crippen LogP contribution in [0.2, 0.25) is 0 Å². The van der Waals surface area contributed by atoms with Crippen LogP contribution in [0.1, 0.15) is 32.6 Å². The van der Waals surface area contributed by atoms with Crippen molar-refractivity contribution in [3.63, 3.8) is 0 Å². The highest BCUT2D eigenvalue weighted by molar-refractivity contribution is 5.74. The molecule has 2 rings (SSSR count). The predicted octanol–water partition coefficient (Wildman–Crippen LogP) is 2.68. The summed E-state index contributed by atoms with van der Waals surface area (Å²) in [5.74, 6) is 1.53. The van der Waals surface area contributed by atoms with Crippen LogP contribution in [0, 0.1) is 5.92 Å². The zero-order chi connectivity index (χ0) is 14.9. The molecule has 5 heteroatoms. The van der Waals surface area contributed by atoms with Crippen LogP contribution >= 0.6 is 0 Å². The molecule has 2 heterocycles. The Morgan fingerprint density at radius 2 is 2.10 bits per heavy atom. The molecule has 1 N–H and O–H groups in total. The summed E-state index contributed by atoms with van der Waals surface area (Å²) >= 11 is 0. The number of nitrogens with one attached hydrogen (secondary N) is 1. The maximum atomic E-state index is 11.8. The zero-order valence-electron chi connectivity index (χ0n) is 12.8. The lowest BCUT2D eigenvalue weighted by Gasteiger charge is -2.32. The largest absolute Gasteiger partial charge is 0.493 e. The van der Waals surface area contributed by atoms with E-state index < -0.39 is 0 Å². The van der Waals surface area contributed by atoms with Crippen molar-refractivity contribution in [1.82, 2.24) is 15.2 Å². The Hall–Kier alpha value is -1.78. The van der Waals surface area contributed by atoms with E-state index in [1.54, 1.807) is 12.4 Å². The quantitative estimate of drug-likeness (QED) is 0.876. The second-order valence-corrected chi connectivity index (χ2v) is 5.48. The van der Waals surface area contributed by atoms with Gasteiger partial charge >= 0.3 is 6.03 Å². The third-order valence-corrected chi connectivity index (χ3v) is 3.87. The van der Waals surface area contributed by atoms with Crippen LogP contribution in [-0.4, -0.2) is 42.2 Å². The lowest BCUT2D eigenvalue weighted by molar-refractivity contribution is 0.160. The van der Waals surface area contributed by atoms with Crippen molar-refractivity contribution in [3.05, 3.63) is 24.5 Å². The molecular formula is C16H25N3O2. The van der Waals surface area contributed by atoms with E-state index in [9.17, 15) is 4.79 Å². The highest BCUT2D eigenvalue weighted by Gasteiger charge is 2.22. The average molecular weight is 291 g/mol. The number of amides is 2. The molecule has 0 radical (unpaired) electrons. The number of carbonyl (C=O) groups is 1. The smallest absolute Gasteiger partial charge is 0.317 e. The van der Waals surface area contributed by atoms with Crippen LogP contribution in [0.5, 0.6) is 5.75 Å². The number of ether oxygens (including phenoxy) is 1. The highest BCUT2D eigenvalue weighted by Crippen LogP contribution is 2.21. The first-order valence-corrected chi connectivity index (χ1v) is 7.85. The van der Waals surface area contributed by atoms with Crippen LogP contribution in [0.15, 0.2) is 24.5 Å². The molecule has 0 spiro atoms. The van der Waals surface area contributed by atoms with Gasteiger partial charge in [0, 0.05) is 32.0 Å². The predicted molar refractivity (Wildman–Crippen MR) is 82.3 cm³/mol. The average Bonchev–Trinajstić information content (AvgIpc) is 2.54. The fourth-order valence-electron chi connectivity index (χ4n) is 2.55. The molecular weight excluding hydrogens is 266 g/mol. The summed E-state index contributed by atoms with van der Waals surface area (Å²) in [6.07, 6.45) is 7.64. The first-order chi connectivity index (χ1) is 10.3. The number of hydrogen-bond acceptors (Lipinski definition) is 3. The standard InChI is InChI=1S/C16H25N3O2/c1-2-8-18-16(20)19-11-5-14(6-12-19)7-13-21-15-3-9-17-10-4-15/h3-4,9-10,14H,2,5-8,11-13H2,1H3,(H,18,20). The van der Waals surface area contributed by atoms with Crippen LogP contribution in [0.3, 0.4) is 0 Å². The topological polar surface area (TPSA) is 54.5 Å². The van der Waals surface area contributed by atoms with Gasteiger partial charge < -0.3 is 15.0 Å². The van der Waals surface area contributed by atoms with Gasteiger partial charge in [0.05, 0.1) is 6.61 Å². The zero-order valence-corrected chi connectivity index (χ0v) is 12.8. The Morgan fingerprint density at radius 3 is 2.76 bits per heavy atom. The second kappa shape index (κ2) is 8.49. The number of nitrogens with zero attached hydrogens (tertiary/aromatic N) is 2. The molecule has 0 bridgehead atoms. The van der Waals surface area contributed by atoms with E-state index in [-0.39, 0.29) is 6.03 Å². The van der Waals surface area contributed by atoms with Gasteiger partial charge in [0.2, 0.25) is 0 Å². The molecule has 116 valence electrons. The van der Waals surface area contributed by atoms with E-state index in [1.165, 1.54) is 0 Å². The van der Waals surface area contributed by atoms with E-state index in [0.717, 1.165) is 57.7 Å². The Morgan fingerprint density at radius 1 is 1.38 bits per heavy atom. The van der Waals surface area contributed by atoms with E-state index >= 15 is 0 Å². The number of likely N-dealkylation sites (tertiary alicyclic amines) is 1. The first-order valence-electron chi connectivity index (χ1n) is 7.85. The van der Waals surface area contributed by atoms with E-state index in [4.69, 9.17) is 4.74 Å². The summed E-state index contributed by atoms with van der Waals surface area (Å²) in [4.78, 5) is 17.7. The van der Waals surface area contributed by atoms with Gasteiger partial charge in [0.25, 0.3) is 0 Å². The summed E-state index contributed by atoms with van der Waals surface area (Å²) in [6.45, 7) is 5.27. The molecule has 1 saturated heterocycles. The minimum absolute atomic E-state index is 0.0864. The van der Waals surface area contributed by atoms with Crippen molar-refractivity contribution in [1.29, 1.82) is 0 Å². The van der Waals surface area contributed by atoms with Gasteiger partial charge in [-0.3, -0.25) is 4.98 Å². The normalized spacial score (nSPS) is 15.8. The SMILES string of the molecule is CCCNC(=O)N1CCC(CCOc2ccncc2)CC1. The lowest BCUT2D eigenvalue weighted by Crippen LogP contribution is -2.44. The number of hydrogen-bond donors (Lipinski definition) is 1. The van der Waals surface area contributed by atoms with Gasteiger partial charge in [0.15, 0.2) is 0 Å². The fraction of sp³-hybridized carbons (Fsp3) is 0.625. The molecule has 0 atom stereocenters. The van der Waals surface area contributed by atoms with Gasteiger partial charge in [-0.15, -0.1) is 0 Å². The summed E-state index contributed by atoms with van der Waals surface area (Å²) in [6, 6.07) is 3.84. The van der Waals surface area contributed by atoms with Crippen LogP contribution in [-0.2, 0) is 0 Å². The number of rotatable bonds is 6. The highest BCUT2D eigenvalue weighted by atomic mass is 16.5. The maximum Gasteiger partial charge on any atom is 0.317 e. The third kappa shape index (κ3) is 5.25. The van der Waals surface area contributed by atoms with Gasteiger partial charge in [-0.1, -0.05) is 6.92 Å². The van der Waals surface area contributed by atoms with Crippen LogP contribution in [0.4, 0.5) is 4.79 Å². The van der Waals surface area contributed by atoms with Crippen molar-refractivity contribution < 1.29 is 9.53 Å². The van der Waals surface area contributed by atoms with E-state index in [2.05, 4.69) is 17.2 Å². The number of piperidine rings is 1. The summed E-state index contributed by atoms with van der Waals surface area (Å²) in [7, 11) is 0. The van der Waals surface area contributed by atoms with Gasteiger partial charge in [0.1, 0.15) is 5.75 Å². The molecule has 0 unspecified atom stereocenters. The van der Waals surface area contributed by atoms with Crippen LogP contribution < -0.4 is 10.1 Å². The van der Waals surface area contributed by atoms with Crippen molar-refractivity contribution in [2.45, 2.75) is 32.6 Å². The molecule has 1 fully saturated rings. The van der Waals surface area contributed by atoms with Gasteiger partial charge in [-0.25, -0.2) is 4.79 Å². The molecule has 5 nitrogen and oxygen atoms in total. The molecule has 0 aromatic carbocycles. The molecule has 0 saturated carbocycles. The Kier molecular flexibility index (Phi) is 6.31. The van der Waals surface area contributed by atoms with Crippen molar-refractivity contribution in [3.8, 4) is 5.75 Å². The van der Waals surface area contributed by atoms with E-state index in [1.807, 2.05) is 17.0 Å². The summed E-state index contributed by atoms with van der Waals surface area (Å²) in [5.41, 5.74) is 0. The maximum absolute atomic E-state index is 11.8. The Balaban J connectivity index is 1.62. The molecule has 1 aliphatic rings. The molecule has 2 amide bonds. The summed E-state index contributed by atoms with van der Waals surface area (Å²) in [5, 5.41) is 2.94. The molecule has 0 aliphatic carbocycles. The lowest BCUT2D eigenvalue weighted by atomic mass is 9.94. The summed E-state index contributed by atoms with van der Waals surface area (Å²) < 4.78 is 5.70. The van der Waals surface area contributed by atoms with Crippen molar-refractivity contribution >= 4 is 6.03 Å². The molecule has 21 heavy (non-hydrogen) atoms. The molecule has 1 aliphatic heterocycles. The van der Waals surface area contributed by atoms with Gasteiger partial charge in [-0.2, -0.15) is 0 Å². The number of urea groups is 1. The monoisotopic (exact) mass is 291 g/mol. The Labute approximate surface area is 126 Å². The minimum atomic E-state index is 0.0864. The number of pyridine rings is 1. The number of aromatic nitrogens is 1. The van der Waals surface area contributed by atoms with Crippen LogP contribution in [0.25, 0.3) is 0 Å².